The average Bonchev–Trinajstić information content (AvgIpc) is 2.46. The zero-order chi connectivity index (χ0) is 15.7. The van der Waals surface area contributed by atoms with Crippen molar-refractivity contribution in [1.29, 1.82) is 0 Å². The van der Waals surface area contributed by atoms with E-state index >= 15 is 0 Å². The first kappa shape index (κ1) is 17.1. The van der Waals surface area contributed by atoms with Crippen LogP contribution < -0.4 is 11.1 Å². The molecule has 2 rings (SSSR count). The first-order valence-corrected chi connectivity index (χ1v) is 9.30. The van der Waals surface area contributed by atoms with E-state index in [2.05, 4.69) is 33.0 Å². The number of carbonyl (C=O) groups excluding carboxylic acids is 1. The smallest absolute Gasteiger partial charge is 0.241 e. The van der Waals surface area contributed by atoms with Crippen LogP contribution in [0.5, 0.6) is 0 Å². The predicted molar refractivity (Wildman–Crippen MR) is 88.4 cm³/mol. The summed E-state index contributed by atoms with van der Waals surface area (Å²) in [6.45, 7) is 9.15. The second-order valence-electron chi connectivity index (χ2n) is 6.99. The van der Waals surface area contributed by atoms with Gasteiger partial charge in [0.2, 0.25) is 5.91 Å². The summed E-state index contributed by atoms with van der Waals surface area (Å²) in [5.74, 6) is 2.37. The summed E-state index contributed by atoms with van der Waals surface area (Å²) in [5, 5.41) is 3.14. The molecule has 1 heterocycles. The number of rotatable bonds is 6. The van der Waals surface area contributed by atoms with Gasteiger partial charge in [-0.25, -0.2) is 0 Å². The summed E-state index contributed by atoms with van der Waals surface area (Å²) in [4.78, 5) is 12.8. The van der Waals surface area contributed by atoms with Crippen LogP contribution in [0.2, 0.25) is 0 Å². The topological polar surface area (TPSA) is 64.4 Å². The first-order chi connectivity index (χ1) is 9.85. The molecule has 0 aromatic carbocycles. The molecule has 1 amide bonds. The molecule has 0 spiro atoms. The van der Waals surface area contributed by atoms with Gasteiger partial charge in [-0.05, 0) is 37.7 Å². The molecule has 0 bridgehead atoms. The largest absolute Gasteiger partial charge is 0.377 e. The number of fused-ring (bicyclic) bond motifs is 1. The van der Waals surface area contributed by atoms with Gasteiger partial charge >= 0.3 is 0 Å². The van der Waals surface area contributed by atoms with Gasteiger partial charge in [0.05, 0.1) is 6.10 Å². The molecule has 1 aliphatic carbocycles. The highest BCUT2D eigenvalue weighted by atomic mass is 32.2. The van der Waals surface area contributed by atoms with E-state index < -0.39 is 5.54 Å². The van der Waals surface area contributed by atoms with Gasteiger partial charge in [0.15, 0.2) is 0 Å². The fourth-order valence-electron chi connectivity index (χ4n) is 3.86. The Labute approximate surface area is 132 Å². The molecule has 2 aliphatic rings. The molecule has 4 nitrogen and oxygen atoms in total. The number of hydrogen-bond acceptors (Lipinski definition) is 4. The maximum Gasteiger partial charge on any atom is 0.241 e. The minimum Gasteiger partial charge on any atom is -0.377 e. The third kappa shape index (κ3) is 2.84. The van der Waals surface area contributed by atoms with Gasteiger partial charge in [-0.3, -0.25) is 4.79 Å². The summed E-state index contributed by atoms with van der Waals surface area (Å²) in [6.07, 6.45) is 3.13. The zero-order valence-electron chi connectivity index (χ0n) is 13.8. The Balaban J connectivity index is 1.97. The fraction of sp³-hybridized carbons (Fsp3) is 0.938. The van der Waals surface area contributed by atoms with Crippen LogP contribution in [0.4, 0.5) is 0 Å². The number of nitrogens with one attached hydrogen (secondary N) is 1. The van der Waals surface area contributed by atoms with Crippen LogP contribution in [0.15, 0.2) is 0 Å². The van der Waals surface area contributed by atoms with E-state index in [-0.39, 0.29) is 29.4 Å². The van der Waals surface area contributed by atoms with E-state index in [0.717, 1.165) is 37.4 Å². The highest BCUT2D eigenvalue weighted by molar-refractivity contribution is 7.99. The molecule has 1 aliphatic heterocycles. The Kier molecular flexibility index (Phi) is 5.27. The Morgan fingerprint density at radius 1 is 1.52 bits per heavy atom. The second kappa shape index (κ2) is 6.47. The molecule has 5 heteroatoms. The van der Waals surface area contributed by atoms with Gasteiger partial charge in [-0.15, -0.1) is 0 Å². The van der Waals surface area contributed by atoms with Crippen LogP contribution >= 0.6 is 11.8 Å². The normalized spacial score (nSPS) is 35.5. The molecule has 3 N–H and O–H groups in total. The van der Waals surface area contributed by atoms with Crippen molar-refractivity contribution in [3.05, 3.63) is 0 Å². The van der Waals surface area contributed by atoms with Gasteiger partial charge in [-0.2, -0.15) is 11.8 Å². The Morgan fingerprint density at radius 2 is 2.24 bits per heavy atom. The van der Waals surface area contributed by atoms with Crippen LogP contribution in [0, 0.1) is 11.3 Å². The van der Waals surface area contributed by atoms with Crippen LogP contribution in [-0.4, -0.2) is 41.7 Å². The van der Waals surface area contributed by atoms with Crippen molar-refractivity contribution >= 4 is 17.7 Å². The molecule has 1 saturated carbocycles. The average molecular weight is 314 g/mol. The van der Waals surface area contributed by atoms with Crippen molar-refractivity contribution in [1.82, 2.24) is 5.32 Å². The summed E-state index contributed by atoms with van der Waals surface area (Å²) in [5.41, 5.74) is 5.51. The number of carbonyl (C=O) groups is 1. The molecule has 2 fully saturated rings. The Bertz CT molecular complexity index is 388. The number of amides is 1. The summed E-state index contributed by atoms with van der Waals surface area (Å²) in [6, 6.07) is 0.177. The van der Waals surface area contributed by atoms with Crippen molar-refractivity contribution < 1.29 is 9.53 Å². The molecule has 4 atom stereocenters. The van der Waals surface area contributed by atoms with Gasteiger partial charge in [0, 0.05) is 24.0 Å². The first-order valence-electron chi connectivity index (χ1n) is 8.14. The number of hydrogen-bond donors (Lipinski definition) is 2. The lowest BCUT2D eigenvalue weighted by atomic mass is 9.46. The molecule has 4 unspecified atom stereocenters. The van der Waals surface area contributed by atoms with Crippen molar-refractivity contribution in [3.8, 4) is 0 Å². The SMILES string of the molecule is CCSCCC(C)NC(=O)C1(N)C2CCCOC2C1(C)C. The van der Waals surface area contributed by atoms with Crippen LogP contribution in [-0.2, 0) is 9.53 Å². The quantitative estimate of drug-likeness (QED) is 0.738. The van der Waals surface area contributed by atoms with Crippen LogP contribution in [0.3, 0.4) is 0 Å². The standard InChI is InChI=1S/C16H30N2O2S/c1-5-21-10-8-11(2)18-14(19)16(17)12-7-6-9-20-13(12)15(16,3)4/h11-13H,5-10,17H2,1-4H3,(H,18,19). The van der Waals surface area contributed by atoms with Gasteiger partial charge in [-0.1, -0.05) is 20.8 Å². The summed E-state index contributed by atoms with van der Waals surface area (Å²) in [7, 11) is 0. The Morgan fingerprint density at radius 3 is 2.90 bits per heavy atom. The molecule has 122 valence electrons. The third-order valence-corrected chi connectivity index (χ3v) is 6.27. The lowest BCUT2D eigenvalue weighted by Crippen LogP contribution is -2.82. The summed E-state index contributed by atoms with van der Waals surface area (Å²) < 4.78 is 5.86. The molecule has 0 radical (unpaired) electrons. The van der Waals surface area contributed by atoms with Gasteiger partial charge in [0.1, 0.15) is 5.54 Å². The molecular formula is C16H30N2O2S. The maximum absolute atomic E-state index is 12.8. The molecule has 0 aromatic rings. The fourth-order valence-corrected chi connectivity index (χ4v) is 4.67. The lowest BCUT2D eigenvalue weighted by molar-refractivity contribution is -0.225. The second-order valence-corrected chi connectivity index (χ2v) is 8.38. The van der Waals surface area contributed by atoms with E-state index in [9.17, 15) is 4.79 Å². The van der Waals surface area contributed by atoms with E-state index in [1.807, 2.05) is 11.8 Å². The minimum absolute atomic E-state index is 0.00764. The van der Waals surface area contributed by atoms with Crippen molar-refractivity contribution in [3.63, 3.8) is 0 Å². The van der Waals surface area contributed by atoms with Crippen LogP contribution in [0.1, 0.15) is 47.0 Å². The monoisotopic (exact) mass is 314 g/mol. The highest BCUT2D eigenvalue weighted by Gasteiger charge is 2.70. The number of ether oxygens (including phenoxy) is 1. The van der Waals surface area contributed by atoms with Crippen molar-refractivity contribution in [2.24, 2.45) is 17.1 Å². The van der Waals surface area contributed by atoms with Crippen LogP contribution in [0.25, 0.3) is 0 Å². The van der Waals surface area contributed by atoms with E-state index in [0.29, 0.717) is 0 Å². The Hall–Kier alpha value is -0.260. The van der Waals surface area contributed by atoms with E-state index in [4.69, 9.17) is 10.5 Å². The van der Waals surface area contributed by atoms with Crippen molar-refractivity contribution in [2.75, 3.05) is 18.1 Å². The highest BCUT2D eigenvalue weighted by Crippen LogP contribution is 2.57. The molecule has 21 heavy (non-hydrogen) atoms. The molecular weight excluding hydrogens is 284 g/mol. The van der Waals surface area contributed by atoms with Gasteiger partial charge < -0.3 is 15.8 Å². The van der Waals surface area contributed by atoms with E-state index in [1.165, 1.54) is 0 Å². The van der Waals surface area contributed by atoms with Crippen molar-refractivity contribution in [2.45, 2.75) is 64.6 Å². The summed E-state index contributed by atoms with van der Waals surface area (Å²) >= 11 is 1.91. The zero-order valence-corrected chi connectivity index (χ0v) is 14.6. The van der Waals surface area contributed by atoms with E-state index in [1.54, 1.807) is 0 Å². The molecule has 0 aromatic heterocycles. The number of thioether (sulfide) groups is 1. The lowest BCUT2D eigenvalue weighted by Gasteiger charge is -2.65. The number of nitrogens with two attached hydrogens (primary N) is 1. The minimum atomic E-state index is -0.787. The predicted octanol–water partition coefficient (Wildman–Crippen LogP) is 2.17. The third-order valence-electron chi connectivity index (χ3n) is 5.34. The molecule has 1 saturated heterocycles. The van der Waals surface area contributed by atoms with Gasteiger partial charge in [0.25, 0.3) is 0 Å². The maximum atomic E-state index is 12.8.